The van der Waals surface area contributed by atoms with Crippen molar-refractivity contribution < 1.29 is 9.31 Å². The van der Waals surface area contributed by atoms with Crippen LogP contribution in [0.2, 0.25) is 0 Å². The highest BCUT2D eigenvalue weighted by molar-refractivity contribution is 6.59. The van der Waals surface area contributed by atoms with E-state index in [-0.39, 0.29) is 24.6 Å². The molecule has 0 aromatic rings. The van der Waals surface area contributed by atoms with Gasteiger partial charge in [0.05, 0.1) is 17.5 Å². The molecule has 0 bridgehead atoms. The normalized spacial score (nSPS) is 34.4. The van der Waals surface area contributed by atoms with Crippen LogP contribution < -0.4 is 0 Å². The van der Waals surface area contributed by atoms with Crippen LogP contribution in [0.4, 0.5) is 0 Å². The minimum absolute atomic E-state index is 0.0117. The van der Waals surface area contributed by atoms with Crippen molar-refractivity contribution in [3.63, 3.8) is 0 Å². The van der Waals surface area contributed by atoms with Gasteiger partial charge in [0.15, 0.2) is 0 Å². The molecule has 0 unspecified atom stereocenters. The summed E-state index contributed by atoms with van der Waals surface area (Å²) in [7, 11) is -0.202. The van der Waals surface area contributed by atoms with E-state index in [2.05, 4.69) is 0 Å². The van der Waals surface area contributed by atoms with Crippen LogP contribution >= 0.6 is 11.6 Å². The molecule has 1 fully saturated rings. The maximum atomic E-state index is 5.95. The Hall–Kier alpha value is 0.275. The van der Waals surface area contributed by atoms with E-state index in [9.17, 15) is 0 Å². The molecule has 0 aromatic carbocycles. The fraction of sp³-hybridized carbons (Fsp3) is 1.00. The smallest absolute Gasteiger partial charge is 0.405 e. The number of halogens is 1. The fourth-order valence-electron chi connectivity index (χ4n) is 1.04. The average Bonchev–Trinajstić information content (AvgIpc) is 2.31. The number of alkyl halides is 1. The minimum atomic E-state index is -0.202. The van der Waals surface area contributed by atoms with E-state index < -0.39 is 0 Å². The second kappa shape index (κ2) is 3.79. The van der Waals surface area contributed by atoms with E-state index in [0.717, 1.165) is 6.42 Å². The summed E-state index contributed by atoms with van der Waals surface area (Å²) in [5.41, 5.74) is 0. The third kappa shape index (κ3) is 2.11. The molecule has 4 heteroatoms. The molecule has 1 aliphatic heterocycles. The lowest BCUT2D eigenvalue weighted by atomic mass is 9.83. The van der Waals surface area contributed by atoms with Gasteiger partial charge in [-0.2, -0.15) is 0 Å². The van der Waals surface area contributed by atoms with Crippen molar-refractivity contribution >= 4 is 18.7 Å². The lowest BCUT2D eigenvalue weighted by Gasteiger charge is -2.08. The van der Waals surface area contributed by atoms with Crippen molar-refractivity contribution in [2.24, 2.45) is 0 Å². The van der Waals surface area contributed by atoms with Crippen molar-refractivity contribution in [3.05, 3.63) is 0 Å². The van der Waals surface area contributed by atoms with Gasteiger partial charge in [-0.1, -0.05) is 6.92 Å². The van der Waals surface area contributed by atoms with Gasteiger partial charge in [-0.05, 0) is 20.3 Å². The highest BCUT2D eigenvalue weighted by Crippen LogP contribution is 2.21. The molecule has 2 nitrogen and oxygen atoms in total. The summed E-state index contributed by atoms with van der Waals surface area (Å²) in [5.74, 6) is 0. The lowest BCUT2D eigenvalue weighted by Crippen LogP contribution is -2.28. The molecule has 1 heterocycles. The van der Waals surface area contributed by atoms with Crippen molar-refractivity contribution in [1.29, 1.82) is 0 Å². The van der Waals surface area contributed by atoms with Crippen LogP contribution in [0.25, 0.3) is 0 Å². The largest absolute Gasteiger partial charge is 0.476 e. The Kier molecular flexibility index (Phi) is 3.22. The summed E-state index contributed by atoms with van der Waals surface area (Å²) in [6, 6.07) is 0. The van der Waals surface area contributed by atoms with Crippen LogP contribution in [0.1, 0.15) is 27.2 Å². The van der Waals surface area contributed by atoms with Crippen molar-refractivity contribution in [1.82, 2.24) is 0 Å². The Balaban J connectivity index is 2.40. The number of hydrogen-bond donors (Lipinski definition) is 0. The monoisotopic (exact) mass is 176 g/mol. The zero-order valence-corrected chi connectivity index (χ0v) is 7.97. The molecule has 1 aliphatic rings. The van der Waals surface area contributed by atoms with Gasteiger partial charge in [0, 0.05) is 0 Å². The zero-order valence-electron chi connectivity index (χ0n) is 7.21. The van der Waals surface area contributed by atoms with Crippen LogP contribution in [0.3, 0.4) is 0 Å². The van der Waals surface area contributed by atoms with Gasteiger partial charge in [-0.15, -0.1) is 11.6 Å². The van der Waals surface area contributed by atoms with E-state index in [1.807, 2.05) is 20.8 Å². The molecule has 0 saturated carbocycles. The Morgan fingerprint density at radius 2 is 1.82 bits per heavy atom. The van der Waals surface area contributed by atoms with Gasteiger partial charge in [0.1, 0.15) is 0 Å². The highest BCUT2D eigenvalue weighted by Gasteiger charge is 2.38. The number of hydrogen-bond acceptors (Lipinski definition) is 2. The Bertz CT molecular complexity index is 124. The first-order valence-electron chi connectivity index (χ1n) is 4.10. The molecule has 3 atom stereocenters. The molecule has 1 rings (SSSR count). The van der Waals surface area contributed by atoms with Gasteiger partial charge in [-0.3, -0.25) is 0 Å². The maximum absolute atomic E-state index is 5.95. The van der Waals surface area contributed by atoms with Crippen molar-refractivity contribution in [3.8, 4) is 0 Å². The van der Waals surface area contributed by atoms with Crippen molar-refractivity contribution in [2.45, 2.75) is 44.7 Å². The van der Waals surface area contributed by atoms with E-state index in [1.54, 1.807) is 0 Å². The van der Waals surface area contributed by atoms with Crippen LogP contribution in [-0.4, -0.2) is 24.6 Å². The molecule has 64 valence electrons. The molecule has 0 aromatic heterocycles. The average molecular weight is 176 g/mol. The van der Waals surface area contributed by atoms with Crippen LogP contribution in [0, 0.1) is 0 Å². The minimum Gasteiger partial charge on any atom is -0.405 e. The topological polar surface area (TPSA) is 18.5 Å². The summed E-state index contributed by atoms with van der Waals surface area (Å²) in [6.07, 6.45) is 1.23. The molecule has 0 spiro atoms. The van der Waals surface area contributed by atoms with Gasteiger partial charge >= 0.3 is 7.12 Å². The van der Waals surface area contributed by atoms with Crippen molar-refractivity contribution in [2.75, 3.05) is 0 Å². The van der Waals surface area contributed by atoms with E-state index in [1.165, 1.54) is 0 Å². The van der Waals surface area contributed by atoms with Crippen LogP contribution in [-0.2, 0) is 9.31 Å². The van der Waals surface area contributed by atoms with Gasteiger partial charge in [0.25, 0.3) is 0 Å². The summed E-state index contributed by atoms with van der Waals surface area (Å²) in [6.45, 7) is 6.03. The van der Waals surface area contributed by atoms with E-state index in [4.69, 9.17) is 20.9 Å². The quantitative estimate of drug-likeness (QED) is 0.472. The summed E-state index contributed by atoms with van der Waals surface area (Å²) in [5, 5.41) is -0.0117. The van der Waals surface area contributed by atoms with Gasteiger partial charge in [0.2, 0.25) is 0 Å². The zero-order chi connectivity index (χ0) is 8.43. The Morgan fingerprint density at radius 1 is 1.36 bits per heavy atom. The molecule has 0 N–H and O–H groups in total. The second-order valence-corrected chi connectivity index (χ2v) is 3.54. The predicted octanol–water partition coefficient (Wildman–Crippen LogP) is 1.85. The van der Waals surface area contributed by atoms with Gasteiger partial charge < -0.3 is 9.31 Å². The second-order valence-electron chi connectivity index (χ2n) is 2.98. The first-order chi connectivity index (χ1) is 5.15. The Labute approximate surface area is 73.3 Å². The molecule has 0 radical (unpaired) electrons. The third-order valence-electron chi connectivity index (χ3n) is 2.04. The summed E-state index contributed by atoms with van der Waals surface area (Å²) >= 11 is 5.95. The molecule has 0 amide bonds. The highest BCUT2D eigenvalue weighted by atomic mass is 35.5. The van der Waals surface area contributed by atoms with E-state index in [0.29, 0.717) is 0 Å². The molecule has 0 aliphatic carbocycles. The first-order valence-corrected chi connectivity index (χ1v) is 4.53. The third-order valence-corrected chi connectivity index (χ3v) is 2.56. The fourth-order valence-corrected chi connectivity index (χ4v) is 1.16. The summed E-state index contributed by atoms with van der Waals surface area (Å²) < 4.78 is 10.9. The molecular formula is C7H14BClO2. The van der Waals surface area contributed by atoms with Gasteiger partial charge in [-0.25, -0.2) is 0 Å². The van der Waals surface area contributed by atoms with Crippen LogP contribution in [0.15, 0.2) is 0 Å². The maximum Gasteiger partial charge on any atom is 0.476 e. The SMILES string of the molecule is CC[C@@H](Cl)B1O[C@H](C)[C@@H](C)O1. The van der Waals surface area contributed by atoms with E-state index >= 15 is 0 Å². The predicted molar refractivity (Wildman–Crippen MR) is 46.8 cm³/mol. The molecule has 1 saturated heterocycles. The van der Waals surface area contributed by atoms with Crippen LogP contribution in [0.5, 0.6) is 0 Å². The molecular weight excluding hydrogens is 162 g/mol. The number of rotatable bonds is 2. The molecule has 11 heavy (non-hydrogen) atoms. The standard InChI is InChI=1S/C7H14BClO2/c1-4-7(9)8-10-5(2)6(3)11-8/h5-7H,4H2,1-3H3/t5-,6-,7-/m1/s1. The lowest BCUT2D eigenvalue weighted by molar-refractivity contribution is 0.187. The summed E-state index contributed by atoms with van der Waals surface area (Å²) in [4.78, 5) is 0. The Morgan fingerprint density at radius 3 is 2.18 bits per heavy atom. The first kappa shape index (κ1) is 9.36.